The molecule has 0 bridgehead atoms. The Balaban J connectivity index is 1.66. The summed E-state index contributed by atoms with van der Waals surface area (Å²) >= 11 is 6.01. The van der Waals surface area contributed by atoms with Gasteiger partial charge in [0.05, 0.1) is 24.8 Å². The highest BCUT2D eigenvalue weighted by atomic mass is 35.5. The van der Waals surface area contributed by atoms with Crippen molar-refractivity contribution in [3.63, 3.8) is 0 Å². The van der Waals surface area contributed by atoms with Gasteiger partial charge in [-0.3, -0.25) is 9.10 Å². The number of para-hydroxylation sites is 1. The second-order valence-electron chi connectivity index (χ2n) is 7.57. The molecule has 1 N–H and O–H groups in total. The molecule has 0 saturated carbocycles. The van der Waals surface area contributed by atoms with Gasteiger partial charge in [-0.05, 0) is 60.5 Å². The predicted molar refractivity (Wildman–Crippen MR) is 138 cm³/mol. The van der Waals surface area contributed by atoms with E-state index in [9.17, 15) is 17.6 Å². The summed E-state index contributed by atoms with van der Waals surface area (Å²) in [6.45, 7) is 1.90. The van der Waals surface area contributed by atoms with Crippen molar-refractivity contribution in [1.82, 2.24) is 5.43 Å². The fourth-order valence-corrected chi connectivity index (χ4v) is 4.23. The van der Waals surface area contributed by atoms with Gasteiger partial charge in [0.15, 0.2) is 11.5 Å². The minimum Gasteiger partial charge on any atom is -0.490 e. The molecule has 8 nitrogen and oxygen atoms in total. The Labute approximate surface area is 214 Å². The molecule has 11 heteroatoms. The molecule has 190 valence electrons. The molecule has 3 aromatic carbocycles. The van der Waals surface area contributed by atoms with Crippen LogP contribution in [0.3, 0.4) is 0 Å². The number of anilines is 1. The number of hydrogen-bond acceptors (Lipinski definition) is 6. The van der Waals surface area contributed by atoms with Gasteiger partial charge in [0, 0.05) is 5.02 Å². The van der Waals surface area contributed by atoms with Gasteiger partial charge in [-0.15, -0.1) is 0 Å². The number of nitrogens with one attached hydrogen (secondary N) is 1. The van der Waals surface area contributed by atoms with Crippen molar-refractivity contribution in [2.24, 2.45) is 5.10 Å². The molecule has 0 saturated heterocycles. The Morgan fingerprint density at radius 3 is 2.56 bits per heavy atom. The number of carbonyl (C=O) groups excluding carboxylic acids is 1. The van der Waals surface area contributed by atoms with Crippen LogP contribution in [-0.4, -0.2) is 39.9 Å². The Bertz CT molecular complexity index is 1350. The lowest BCUT2D eigenvalue weighted by Crippen LogP contribution is -2.39. The summed E-state index contributed by atoms with van der Waals surface area (Å²) in [6.07, 6.45) is 2.26. The van der Waals surface area contributed by atoms with Crippen LogP contribution in [0.4, 0.5) is 10.1 Å². The zero-order valence-corrected chi connectivity index (χ0v) is 21.2. The van der Waals surface area contributed by atoms with Gasteiger partial charge < -0.3 is 9.47 Å². The van der Waals surface area contributed by atoms with Crippen LogP contribution in [0.5, 0.6) is 11.5 Å². The van der Waals surface area contributed by atoms with Crippen LogP contribution in [0.2, 0.25) is 5.02 Å². The Hall–Kier alpha value is -3.63. The average molecular weight is 534 g/mol. The summed E-state index contributed by atoms with van der Waals surface area (Å²) in [4.78, 5) is 12.3. The number of halogens is 2. The normalized spacial score (nSPS) is 11.3. The molecule has 0 radical (unpaired) electrons. The van der Waals surface area contributed by atoms with Crippen molar-refractivity contribution in [2.75, 3.05) is 23.7 Å². The number of carbonyl (C=O) groups is 1. The van der Waals surface area contributed by atoms with Crippen LogP contribution in [0.15, 0.2) is 71.8 Å². The van der Waals surface area contributed by atoms with E-state index in [1.807, 2.05) is 25.1 Å². The van der Waals surface area contributed by atoms with Crippen LogP contribution in [0.25, 0.3) is 0 Å². The van der Waals surface area contributed by atoms with E-state index in [4.69, 9.17) is 21.1 Å². The maximum absolute atomic E-state index is 14.1. The standard InChI is InChI=1S/C25H25ClFN3O5S/c1-3-34-24-14-18(11-12-23(24)35-17-19-7-6-8-20(26)13-19)15-28-29-25(31)16-30(36(2,32)33)22-10-5-4-9-21(22)27/h4-15H,3,16-17H2,1-2H3,(H,29,31)/b28-15-. The van der Waals surface area contributed by atoms with E-state index < -0.39 is 28.3 Å². The first-order valence-corrected chi connectivity index (χ1v) is 13.1. The molecule has 36 heavy (non-hydrogen) atoms. The number of hydrogen-bond donors (Lipinski definition) is 1. The first kappa shape index (κ1) is 27.0. The van der Waals surface area contributed by atoms with Crippen molar-refractivity contribution in [3.05, 3.63) is 88.7 Å². The van der Waals surface area contributed by atoms with Gasteiger partial charge in [0.2, 0.25) is 10.0 Å². The molecular formula is C25H25ClFN3O5S. The number of sulfonamides is 1. The Morgan fingerprint density at radius 1 is 1.08 bits per heavy atom. The third kappa shape index (κ3) is 7.69. The van der Waals surface area contributed by atoms with Gasteiger partial charge in [-0.25, -0.2) is 18.2 Å². The van der Waals surface area contributed by atoms with Crippen LogP contribution in [0, 0.1) is 5.82 Å². The van der Waals surface area contributed by atoms with E-state index in [1.165, 1.54) is 24.4 Å². The van der Waals surface area contributed by atoms with Crippen molar-refractivity contribution in [1.29, 1.82) is 0 Å². The van der Waals surface area contributed by atoms with E-state index in [1.54, 1.807) is 24.3 Å². The quantitative estimate of drug-likeness (QED) is 0.291. The minimum absolute atomic E-state index is 0.228. The summed E-state index contributed by atoms with van der Waals surface area (Å²) in [7, 11) is -3.91. The lowest BCUT2D eigenvalue weighted by Gasteiger charge is -2.21. The largest absolute Gasteiger partial charge is 0.490 e. The number of rotatable bonds is 11. The highest BCUT2D eigenvalue weighted by Crippen LogP contribution is 2.29. The smallest absolute Gasteiger partial charge is 0.260 e. The SMILES string of the molecule is CCOc1cc(/C=N\NC(=O)CN(c2ccccc2F)S(C)(=O)=O)ccc1OCc1cccc(Cl)c1. The fraction of sp³-hybridized carbons (Fsp3) is 0.200. The number of benzene rings is 3. The van der Waals surface area contributed by atoms with Gasteiger partial charge in [0.25, 0.3) is 5.91 Å². The van der Waals surface area contributed by atoms with E-state index in [2.05, 4.69) is 10.5 Å². The fourth-order valence-electron chi connectivity index (χ4n) is 3.16. The molecule has 0 fully saturated rings. The molecule has 0 aliphatic carbocycles. The van der Waals surface area contributed by atoms with Crippen molar-refractivity contribution < 1.29 is 27.1 Å². The Kier molecular flexibility index (Phi) is 9.26. The van der Waals surface area contributed by atoms with Gasteiger partial charge >= 0.3 is 0 Å². The molecule has 0 aliphatic heterocycles. The summed E-state index contributed by atoms with van der Waals surface area (Å²) in [5.41, 5.74) is 3.53. The predicted octanol–water partition coefficient (Wildman–Crippen LogP) is 4.37. The topological polar surface area (TPSA) is 97.3 Å². The lowest BCUT2D eigenvalue weighted by atomic mass is 10.2. The van der Waals surface area contributed by atoms with E-state index in [-0.39, 0.29) is 5.69 Å². The molecular weight excluding hydrogens is 509 g/mol. The van der Waals surface area contributed by atoms with E-state index in [0.29, 0.717) is 39.6 Å². The van der Waals surface area contributed by atoms with Crippen LogP contribution < -0.4 is 19.2 Å². The van der Waals surface area contributed by atoms with Gasteiger partial charge in [-0.2, -0.15) is 5.10 Å². The first-order valence-electron chi connectivity index (χ1n) is 10.9. The highest BCUT2D eigenvalue weighted by molar-refractivity contribution is 7.92. The number of hydrazone groups is 1. The molecule has 0 aliphatic rings. The average Bonchev–Trinajstić information content (AvgIpc) is 2.82. The molecule has 3 aromatic rings. The number of ether oxygens (including phenoxy) is 2. The molecule has 0 unspecified atom stereocenters. The summed E-state index contributed by atoms with van der Waals surface area (Å²) in [6, 6.07) is 17.7. The lowest BCUT2D eigenvalue weighted by molar-refractivity contribution is -0.119. The molecule has 0 heterocycles. The number of amides is 1. The van der Waals surface area contributed by atoms with Crippen LogP contribution >= 0.6 is 11.6 Å². The number of nitrogens with zero attached hydrogens (tertiary/aromatic N) is 2. The maximum Gasteiger partial charge on any atom is 0.260 e. The van der Waals surface area contributed by atoms with Crippen molar-refractivity contribution in [2.45, 2.75) is 13.5 Å². The molecule has 0 aromatic heterocycles. The van der Waals surface area contributed by atoms with Crippen molar-refractivity contribution >= 4 is 39.4 Å². The first-order chi connectivity index (χ1) is 17.2. The van der Waals surface area contributed by atoms with Crippen LogP contribution in [0.1, 0.15) is 18.1 Å². The third-order valence-electron chi connectivity index (χ3n) is 4.76. The van der Waals surface area contributed by atoms with Crippen molar-refractivity contribution in [3.8, 4) is 11.5 Å². The zero-order valence-electron chi connectivity index (χ0n) is 19.6. The molecule has 0 atom stereocenters. The molecule has 3 rings (SSSR count). The second kappa shape index (κ2) is 12.4. The summed E-state index contributed by atoms with van der Waals surface area (Å²) in [5, 5.41) is 4.49. The zero-order chi connectivity index (χ0) is 26.1. The summed E-state index contributed by atoms with van der Waals surface area (Å²) < 4.78 is 50.5. The maximum atomic E-state index is 14.1. The van der Waals surface area contributed by atoms with Gasteiger partial charge in [0.1, 0.15) is 19.0 Å². The summed E-state index contributed by atoms with van der Waals surface area (Å²) in [5.74, 6) is -0.504. The van der Waals surface area contributed by atoms with Crippen LogP contribution in [-0.2, 0) is 21.4 Å². The van der Waals surface area contributed by atoms with E-state index in [0.717, 1.165) is 17.9 Å². The molecule has 0 spiro atoms. The highest BCUT2D eigenvalue weighted by Gasteiger charge is 2.23. The Morgan fingerprint density at radius 2 is 1.86 bits per heavy atom. The third-order valence-corrected chi connectivity index (χ3v) is 6.12. The molecule has 1 amide bonds. The second-order valence-corrected chi connectivity index (χ2v) is 9.92. The minimum atomic E-state index is -3.91. The van der Waals surface area contributed by atoms with Gasteiger partial charge in [-0.1, -0.05) is 35.9 Å². The monoisotopic (exact) mass is 533 g/mol. The van der Waals surface area contributed by atoms with E-state index >= 15 is 0 Å².